The number of amides is 2. The fourth-order valence-electron chi connectivity index (χ4n) is 3.52. The number of rotatable bonds is 6. The first-order chi connectivity index (χ1) is 12.1. The first-order valence-electron chi connectivity index (χ1n) is 8.81. The van der Waals surface area contributed by atoms with Crippen molar-refractivity contribution in [3.63, 3.8) is 0 Å². The first-order valence-corrected chi connectivity index (χ1v) is 8.81. The van der Waals surface area contributed by atoms with Crippen molar-refractivity contribution in [3.05, 3.63) is 30.0 Å². The molecule has 1 aromatic heterocycles. The van der Waals surface area contributed by atoms with Crippen LogP contribution in [0, 0.1) is 5.92 Å². The number of nitrogens with two attached hydrogens (primary N) is 1. The second-order valence-electron chi connectivity index (χ2n) is 6.54. The molecule has 134 valence electrons. The Labute approximate surface area is 147 Å². The molecule has 1 atom stereocenters. The minimum absolute atomic E-state index is 0.0179. The highest BCUT2D eigenvalue weighted by Crippen LogP contribution is 2.19. The minimum Gasteiger partial charge on any atom is -0.369 e. The van der Waals surface area contributed by atoms with E-state index in [9.17, 15) is 9.59 Å². The molecule has 1 saturated heterocycles. The van der Waals surface area contributed by atoms with Crippen molar-refractivity contribution in [3.8, 4) is 0 Å². The smallest absolute Gasteiger partial charge is 0.231 e. The molecule has 0 unspecified atom stereocenters. The molecule has 0 saturated carbocycles. The van der Waals surface area contributed by atoms with Crippen LogP contribution in [0.5, 0.6) is 0 Å². The minimum atomic E-state index is -0.349. The van der Waals surface area contributed by atoms with Gasteiger partial charge >= 0.3 is 0 Å². The van der Waals surface area contributed by atoms with E-state index >= 15 is 0 Å². The van der Waals surface area contributed by atoms with Gasteiger partial charge in [-0.1, -0.05) is 18.2 Å². The lowest BCUT2D eigenvalue weighted by Crippen LogP contribution is -2.45. The summed E-state index contributed by atoms with van der Waals surface area (Å²) in [5.74, 6) is -0.436. The molecule has 7 heteroatoms. The second kappa shape index (κ2) is 7.65. The van der Waals surface area contributed by atoms with Gasteiger partial charge in [0.1, 0.15) is 0 Å². The molecule has 0 bridgehead atoms. The lowest BCUT2D eigenvalue weighted by molar-refractivity contribution is -0.128. The van der Waals surface area contributed by atoms with Gasteiger partial charge in [0, 0.05) is 18.5 Å². The average molecular weight is 343 g/mol. The van der Waals surface area contributed by atoms with E-state index in [1.807, 2.05) is 33.8 Å². The molecule has 7 nitrogen and oxygen atoms in total. The summed E-state index contributed by atoms with van der Waals surface area (Å²) >= 11 is 0. The van der Waals surface area contributed by atoms with Crippen molar-refractivity contribution in [2.24, 2.45) is 11.7 Å². The third-order valence-corrected chi connectivity index (χ3v) is 4.72. The normalized spacial score (nSPS) is 18.4. The molecule has 0 spiro atoms. The maximum absolute atomic E-state index is 12.5. The highest BCUT2D eigenvalue weighted by molar-refractivity contribution is 5.83. The molecule has 2 amide bonds. The molecule has 0 aliphatic carbocycles. The molecule has 3 rings (SSSR count). The van der Waals surface area contributed by atoms with Crippen LogP contribution >= 0.6 is 0 Å². The van der Waals surface area contributed by atoms with Crippen LogP contribution in [0.3, 0.4) is 0 Å². The van der Waals surface area contributed by atoms with E-state index < -0.39 is 0 Å². The Morgan fingerprint density at radius 2 is 2.16 bits per heavy atom. The van der Waals surface area contributed by atoms with Crippen molar-refractivity contribution in [1.82, 2.24) is 20.0 Å². The largest absolute Gasteiger partial charge is 0.369 e. The Kier molecular flexibility index (Phi) is 5.33. The van der Waals surface area contributed by atoms with Crippen LogP contribution in [0.25, 0.3) is 10.9 Å². The molecule has 2 aromatic rings. The maximum Gasteiger partial charge on any atom is 0.231 e. The van der Waals surface area contributed by atoms with Crippen LogP contribution in [-0.2, 0) is 22.7 Å². The van der Waals surface area contributed by atoms with Crippen LogP contribution in [-0.4, -0.2) is 46.1 Å². The Balaban J connectivity index is 1.63. The standard InChI is InChI=1S/C18H25N5O2/c1-2-23-16-8-4-3-7-14(16)15(21-23)10-20-18(25)13-6-5-9-22(11-13)12-17(19)24/h3-4,7-8,13H,2,5-6,9-12H2,1H3,(H2,19,24)(H,20,25)/t13-/m1/s1. The van der Waals surface area contributed by atoms with Crippen molar-refractivity contribution in [1.29, 1.82) is 0 Å². The number of primary amides is 1. The molecule has 0 radical (unpaired) electrons. The Bertz CT molecular complexity index is 770. The van der Waals surface area contributed by atoms with Gasteiger partial charge in [-0.15, -0.1) is 0 Å². The number of fused-ring (bicyclic) bond motifs is 1. The number of carbonyl (C=O) groups is 2. The van der Waals surface area contributed by atoms with Crippen molar-refractivity contribution < 1.29 is 9.59 Å². The zero-order valence-corrected chi connectivity index (χ0v) is 14.6. The van der Waals surface area contributed by atoms with Crippen LogP contribution < -0.4 is 11.1 Å². The van der Waals surface area contributed by atoms with E-state index in [1.54, 1.807) is 0 Å². The summed E-state index contributed by atoms with van der Waals surface area (Å²) < 4.78 is 1.95. The van der Waals surface area contributed by atoms with Gasteiger partial charge < -0.3 is 11.1 Å². The lowest BCUT2D eigenvalue weighted by atomic mass is 9.97. The van der Waals surface area contributed by atoms with E-state index in [0.717, 1.165) is 42.5 Å². The van der Waals surface area contributed by atoms with E-state index in [4.69, 9.17) is 5.73 Å². The van der Waals surface area contributed by atoms with Crippen LogP contribution in [0.15, 0.2) is 24.3 Å². The van der Waals surface area contributed by atoms with E-state index in [2.05, 4.69) is 17.3 Å². The van der Waals surface area contributed by atoms with Gasteiger partial charge in [0.05, 0.1) is 30.2 Å². The summed E-state index contributed by atoms with van der Waals surface area (Å²) in [7, 11) is 0. The van der Waals surface area contributed by atoms with Gasteiger partial charge in [-0.2, -0.15) is 5.10 Å². The van der Waals surface area contributed by atoms with E-state index in [-0.39, 0.29) is 24.3 Å². The van der Waals surface area contributed by atoms with Gasteiger partial charge in [-0.25, -0.2) is 0 Å². The Hall–Kier alpha value is -2.41. The summed E-state index contributed by atoms with van der Waals surface area (Å²) in [5.41, 5.74) is 7.22. The molecule has 1 aliphatic rings. The van der Waals surface area contributed by atoms with Gasteiger partial charge in [0.25, 0.3) is 0 Å². The molecule has 25 heavy (non-hydrogen) atoms. The summed E-state index contributed by atoms with van der Waals surface area (Å²) in [6.07, 6.45) is 1.74. The molecular formula is C18H25N5O2. The molecule has 1 aliphatic heterocycles. The fourth-order valence-corrected chi connectivity index (χ4v) is 3.52. The fraction of sp³-hybridized carbons (Fsp3) is 0.500. The lowest BCUT2D eigenvalue weighted by Gasteiger charge is -2.30. The highest BCUT2D eigenvalue weighted by atomic mass is 16.2. The van der Waals surface area contributed by atoms with Crippen LogP contribution in [0.2, 0.25) is 0 Å². The quantitative estimate of drug-likeness (QED) is 0.814. The third-order valence-electron chi connectivity index (χ3n) is 4.72. The highest BCUT2D eigenvalue weighted by Gasteiger charge is 2.26. The number of carbonyl (C=O) groups excluding carboxylic acids is 2. The Morgan fingerprint density at radius 3 is 2.92 bits per heavy atom. The predicted octanol–water partition coefficient (Wildman–Crippen LogP) is 0.870. The van der Waals surface area contributed by atoms with Crippen molar-refractivity contribution >= 4 is 22.7 Å². The number of hydrogen-bond acceptors (Lipinski definition) is 4. The van der Waals surface area contributed by atoms with Crippen molar-refractivity contribution in [2.75, 3.05) is 19.6 Å². The molecular weight excluding hydrogens is 318 g/mol. The van der Waals surface area contributed by atoms with Gasteiger partial charge in [0.2, 0.25) is 11.8 Å². The predicted molar refractivity (Wildman–Crippen MR) is 95.6 cm³/mol. The van der Waals surface area contributed by atoms with E-state index in [1.165, 1.54) is 0 Å². The van der Waals surface area contributed by atoms with Crippen LogP contribution in [0.1, 0.15) is 25.5 Å². The monoisotopic (exact) mass is 343 g/mol. The number of likely N-dealkylation sites (tertiary alicyclic amines) is 1. The van der Waals surface area contributed by atoms with Gasteiger partial charge in [-0.05, 0) is 32.4 Å². The SMILES string of the molecule is CCn1nc(CNC(=O)[C@@H]2CCCN(CC(N)=O)C2)c2ccccc21. The number of para-hydroxylation sites is 1. The topological polar surface area (TPSA) is 93.2 Å². The summed E-state index contributed by atoms with van der Waals surface area (Å²) in [6.45, 7) is 4.88. The molecule has 3 N–H and O–H groups in total. The molecule has 1 aromatic carbocycles. The first kappa shape index (κ1) is 17.4. The van der Waals surface area contributed by atoms with Gasteiger partial charge in [-0.3, -0.25) is 19.2 Å². The summed E-state index contributed by atoms with van der Waals surface area (Å²) in [4.78, 5) is 25.6. The van der Waals surface area contributed by atoms with Crippen molar-refractivity contribution in [2.45, 2.75) is 32.9 Å². The van der Waals surface area contributed by atoms with Crippen LogP contribution in [0.4, 0.5) is 0 Å². The second-order valence-corrected chi connectivity index (χ2v) is 6.54. The molecule has 2 heterocycles. The number of aryl methyl sites for hydroxylation is 1. The summed E-state index contributed by atoms with van der Waals surface area (Å²) in [6, 6.07) is 8.05. The van der Waals surface area contributed by atoms with E-state index in [0.29, 0.717) is 13.1 Å². The maximum atomic E-state index is 12.5. The third kappa shape index (κ3) is 3.99. The number of piperidine rings is 1. The number of nitrogens with zero attached hydrogens (tertiary/aromatic N) is 3. The number of benzene rings is 1. The zero-order valence-electron chi connectivity index (χ0n) is 14.6. The summed E-state index contributed by atoms with van der Waals surface area (Å²) in [5, 5.41) is 8.70. The number of hydrogen-bond donors (Lipinski definition) is 2. The Morgan fingerprint density at radius 1 is 1.36 bits per heavy atom. The number of nitrogens with one attached hydrogen (secondary N) is 1. The van der Waals surface area contributed by atoms with Gasteiger partial charge in [0.15, 0.2) is 0 Å². The number of aromatic nitrogens is 2. The zero-order chi connectivity index (χ0) is 17.8. The molecule has 1 fully saturated rings. The average Bonchev–Trinajstić information content (AvgIpc) is 2.97.